The molecule has 5 heteroatoms. The first-order chi connectivity index (χ1) is 11.8. The highest BCUT2D eigenvalue weighted by Crippen LogP contribution is 2.21. The molecule has 0 amide bonds. The molecule has 0 atom stereocenters. The predicted octanol–water partition coefficient (Wildman–Crippen LogP) is 3.77. The number of fused-ring (bicyclic) bond motifs is 1. The summed E-state index contributed by atoms with van der Waals surface area (Å²) in [6.07, 6.45) is 1.80. The first-order valence-electron chi connectivity index (χ1n) is 7.87. The Labute approximate surface area is 143 Å². The van der Waals surface area contributed by atoms with Crippen molar-refractivity contribution in [3.8, 4) is 0 Å². The lowest BCUT2D eigenvalue weighted by molar-refractivity contribution is 0.0908. The summed E-state index contributed by atoms with van der Waals surface area (Å²) in [7, 11) is 0.537. The number of benzene rings is 2. The maximum absolute atomic E-state index is 6.19. The Kier molecular flexibility index (Phi) is 5.37. The molecule has 3 aromatic rings. The zero-order chi connectivity index (χ0) is 16.8. The van der Waals surface area contributed by atoms with E-state index in [9.17, 15) is 0 Å². The highest BCUT2D eigenvalue weighted by Gasteiger charge is 2.39. The van der Waals surface area contributed by atoms with E-state index < -0.39 is 8.80 Å². The van der Waals surface area contributed by atoms with E-state index in [-0.39, 0.29) is 0 Å². The van der Waals surface area contributed by atoms with Gasteiger partial charge in [0.25, 0.3) is 0 Å². The van der Waals surface area contributed by atoms with E-state index in [0.717, 1.165) is 22.0 Å². The standard InChI is InChI=1S/C19H21NO3Si/c1-21-24(22-2,15-16-8-4-3-5-9-16)23-14-17-10-6-12-19-18(17)11-7-13-20-19/h3-13H,14-15H2,1-2H3. The van der Waals surface area contributed by atoms with Crippen molar-refractivity contribution in [1.29, 1.82) is 0 Å². The largest absolute Gasteiger partial charge is 0.505 e. The van der Waals surface area contributed by atoms with Crippen LogP contribution in [0, 0.1) is 0 Å². The van der Waals surface area contributed by atoms with Crippen LogP contribution in [0.3, 0.4) is 0 Å². The normalized spacial score (nSPS) is 11.8. The molecule has 0 spiro atoms. The van der Waals surface area contributed by atoms with Crippen LogP contribution in [-0.2, 0) is 25.9 Å². The first-order valence-corrected chi connectivity index (χ1v) is 9.80. The number of nitrogens with zero attached hydrogens (tertiary/aromatic N) is 1. The van der Waals surface area contributed by atoms with Crippen LogP contribution in [0.2, 0.25) is 0 Å². The Balaban J connectivity index is 1.81. The average molecular weight is 339 g/mol. The zero-order valence-electron chi connectivity index (χ0n) is 13.9. The molecule has 0 aliphatic carbocycles. The molecule has 0 aliphatic heterocycles. The minimum Gasteiger partial charge on any atom is -0.377 e. The third kappa shape index (κ3) is 3.71. The third-order valence-corrected chi connectivity index (χ3v) is 6.74. The molecular weight excluding hydrogens is 318 g/mol. The van der Waals surface area contributed by atoms with Gasteiger partial charge in [-0.1, -0.05) is 48.5 Å². The molecule has 0 fully saturated rings. The van der Waals surface area contributed by atoms with Crippen molar-refractivity contribution >= 4 is 19.7 Å². The van der Waals surface area contributed by atoms with E-state index >= 15 is 0 Å². The van der Waals surface area contributed by atoms with Crippen molar-refractivity contribution in [2.75, 3.05) is 14.2 Å². The van der Waals surface area contributed by atoms with Gasteiger partial charge < -0.3 is 13.3 Å². The fourth-order valence-corrected chi connectivity index (χ4v) is 4.63. The summed E-state index contributed by atoms with van der Waals surface area (Å²) in [5.41, 5.74) is 3.19. The fourth-order valence-electron chi connectivity index (χ4n) is 2.72. The van der Waals surface area contributed by atoms with Crippen LogP contribution in [-0.4, -0.2) is 28.0 Å². The number of hydrogen-bond acceptors (Lipinski definition) is 4. The van der Waals surface area contributed by atoms with Crippen molar-refractivity contribution in [2.45, 2.75) is 12.7 Å². The second-order valence-electron chi connectivity index (χ2n) is 5.53. The molecular formula is C19H21NO3Si. The molecule has 0 unspecified atom stereocenters. The van der Waals surface area contributed by atoms with Crippen LogP contribution in [0.15, 0.2) is 66.9 Å². The Hall–Kier alpha value is -2.05. The molecule has 1 heterocycles. The lowest BCUT2D eigenvalue weighted by atomic mass is 10.1. The SMILES string of the molecule is CO[Si](Cc1ccccc1)(OC)OCc1cccc2ncccc12. The van der Waals surface area contributed by atoms with Crippen LogP contribution < -0.4 is 0 Å². The summed E-state index contributed by atoms with van der Waals surface area (Å²) >= 11 is 0. The summed E-state index contributed by atoms with van der Waals surface area (Å²) in [5, 5.41) is 1.09. The average Bonchev–Trinajstić information content (AvgIpc) is 2.66. The Morgan fingerprint density at radius 3 is 2.42 bits per heavy atom. The molecule has 0 aliphatic rings. The van der Waals surface area contributed by atoms with Crippen LogP contribution in [0.1, 0.15) is 11.1 Å². The number of pyridine rings is 1. The summed E-state index contributed by atoms with van der Waals surface area (Å²) in [4.78, 5) is 4.39. The van der Waals surface area contributed by atoms with Crippen LogP contribution in [0.4, 0.5) is 0 Å². The van der Waals surface area contributed by atoms with Crippen molar-refractivity contribution in [1.82, 2.24) is 4.98 Å². The van der Waals surface area contributed by atoms with E-state index in [1.165, 1.54) is 0 Å². The number of rotatable bonds is 7. The summed E-state index contributed by atoms with van der Waals surface area (Å²) in [5.74, 6) is 0. The van der Waals surface area contributed by atoms with E-state index in [1.807, 2.05) is 36.4 Å². The van der Waals surface area contributed by atoms with Crippen molar-refractivity contribution in [3.63, 3.8) is 0 Å². The van der Waals surface area contributed by atoms with Gasteiger partial charge in [0.15, 0.2) is 0 Å². The van der Waals surface area contributed by atoms with Crippen LogP contribution in [0.5, 0.6) is 0 Å². The third-order valence-electron chi connectivity index (χ3n) is 4.07. The summed E-state index contributed by atoms with van der Waals surface area (Å²) in [6.45, 7) is 0.434. The van der Waals surface area contributed by atoms with Gasteiger partial charge in [-0.05, 0) is 23.3 Å². The topological polar surface area (TPSA) is 40.6 Å². The van der Waals surface area contributed by atoms with Gasteiger partial charge in [0, 0.05) is 31.8 Å². The van der Waals surface area contributed by atoms with Crippen molar-refractivity contribution in [2.24, 2.45) is 0 Å². The van der Waals surface area contributed by atoms with Gasteiger partial charge in [-0.2, -0.15) is 0 Å². The second kappa shape index (κ2) is 7.68. The molecule has 0 saturated heterocycles. The van der Waals surface area contributed by atoms with Crippen LogP contribution in [0.25, 0.3) is 10.9 Å². The minimum atomic E-state index is -2.77. The van der Waals surface area contributed by atoms with E-state index in [0.29, 0.717) is 12.7 Å². The molecule has 3 rings (SSSR count). The van der Waals surface area contributed by atoms with Gasteiger partial charge in [0.2, 0.25) is 0 Å². The fraction of sp³-hybridized carbons (Fsp3) is 0.211. The lowest BCUT2D eigenvalue weighted by Crippen LogP contribution is -2.46. The molecule has 0 bridgehead atoms. The van der Waals surface area contributed by atoms with E-state index in [1.54, 1.807) is 20.4 Å². The molecule has 124 valence electrons. The summed E-state index contributed by atoms with van der Waals surface area (Å²) in [6, 6.07) is 20.8. The van der Waals surface area contributed by atoms with Gasteiger partial charge in [-0.25, -0.2) is 0 Å². The van der Waals surface area contributed by atoms with Gasteiger partial charge in [0.05, 0.1) is 12.1 Å². The Bertz CT molecular complexity index is 785. The van der Waals surface area contributed by atoms with Gasteiger partial charge in [-0.15, -0.1) is 0 Å². The Morgan fingerprint density at radius 1 is 0.875 bits per heavy atom. The predicted molar refractivity (Wildman–Crippen MR) is 96.5 cm³/mol. The second-order valence-corrected chi connectivity index (χ2v) is 8.35. The molecule has 24 heavy (non-hydrogen) atoms. The zero-order valence-corrected chi connectivity index (χ0v) is 14.9. The molecule has 0 saturated carbocycles. The summed E-state index contributed by atoms with van der Waals surface area (Å²) < 4.78 is 17.6. The van der Waals surface area contributed by atoms with E-state index in [2.05, 4.69) is 29.2 Å². The first kappa shape index (κ1) is 16.8. The van der Waals surface area contributed by atoms with Crippen molar-refractivity contribution < 1.29 is 13.3 Å². The molecule has 0 N–H and O–H groups in total. The van der Waals surface area contributed by atoms with Crippen molar-refractivity contribution in [3.05, 3.63) is 78.0 Å². The molecule has 0 radical (unpaired) electrons. The smallest absolute Gasteiger partial charge is 0.377 e. The van der Waals surface area contributed by atoms with Gasteiger partial charge >= 0.3 is 8.80 Å². The molecule has 2 aromatic carbocycles. The highest BCUT2D eigenvalue weighted by atomic mass is 28.4. The Morgan fingerprint density at radius 2 is 1.67 bits per heavy atom. The van der Waals surface area contributed by atoms with Gasteiger partial charge in [0.1, 0.15) is 0 Å². The molecule has 1 aromatic heterocycles. The minimum absolute atomic E-state index is 0.434. The van der Waals surface area contributed by atoms with Crippen LogP contribution >= 0.6 is 0 Å². The number of aromatic nitrogens is 1. The molecule has 4 nitrogen and oxygen atoms in total. The quantitative estimate of drug-likeness (QED) is 0.615. The van der Waals surface area contributed by atoms with E-state index in [4.69, 9.17) is 13.3 Å². The monoisotopic (exact) mass is 339 g/mol. The maximum Gasteiger partial charge on any atom is 0.505 e. The highest BCUT2D eigenvalue weighted by molar-refractivity contribution is 6.60. The maximum atomic E-state index is 6.19. The lowest BCUT2D eigenvalue weighted by Gasteiger charge is -2.26. The van der Waals surface area contributed by atoms with Gasteiger partial charge in [-0.3, -0.25) is 4.98 Å². The number of hydrogen-bond donors (Lipinski definition) is 0.